The summed E-state index contributed by atoms with van der Waals surface area (Å²) in [6.07, 6.45) is 2.17. The van der Waals surface area contributed by atoms with Crippen LogP contribution in [0.4, 0.5) is 0 Å². The number of fused-ring (bicyclic) bond motifs is 1. The highest BCUT2D eigenvalue weighted by Gasteiger charge is 2.19. The second kappa shape index (κ2) is 2.54. The van der Waals surface area contributed by atoms with Gasteiger partial charge in [-0.15, -0.1) is 12.6 Å². The van der Waals surface area contributed by atoms with Crippen LogP contribution in [0.25, 0.3) is 0 Å². The van der Waals surface area contributed by atoms with E-state index in [2.05, 4.69) is 18.7 Å². The SMILES string of the molecule is N[C@@H]1CCc2c(S)cccc21. The predicted molar refractivity (Wildman–Crippen MR) is 48.9 cm³/mol. The van der Waals surface area contributed by atoms with E-state index < -0.39 is 0 Å². The van der Waals surface area contributed by atoms with Gasteiger partial charge in [0.15, 0.2) is 0 Å². The second-order valence-electron chi connectivity index (χ2n) is 2.99. The Kier molecular flexibility index (Phi) is 1.66. The van der Waals surface area contributed by atoms with Crippen LogP contribution in [0, 0.1) is 0 Å². The summed E-state index contributed by atoms with van der Waals surface area (Å²) in [7, 11) is 0. The fraction of sp³-hybridized carbons (Fsp3) is 0.333. The normalized spacial score (nSPS) is 21.8. The second-order valence-corrected chi connectivity index (χ2v) is 3.47. The molecule has 0 bridgehead atoms. The van der Waals surface area contributed by atoms with Crippen LogP contribution in [-0.2, 0) is 6.42 Å². The van der Waals surface area contributed by atoms with Crippen molar-refractivity contribution in [2.45, 2.75) is 23.8 Å². The summed E-state index contributed by atoms with van der Waals surface area (Å²) in [5, 5.41) is 0. The fourth-order valence-electron chi connectivity index (χ4n) is 1.67. The number of hydrogen-bond acceptors (Lipinski definition) is 2. The van der Waals surface area contributed by atoms with Crippen LogP contribution in [0.5, 0.6) is 0 Å². The van der Waals surface area contributed by atoms with Crippen LogP contribution >= 0.6 is 12.6 Å². The van der Waals surface area contributed by atoms with Gasteiger partial charge in [-0.3, -0.25) is 0 Å². The molecule has 1 nitrogen and oxygen atoms in total. The van der Waals surface area contributed by atoms with Crippen LogP contribution in [-0.4, -0.2) is 0 Å². The van der Waals surface area contributed by atoms with Crippen LogP contribution < -0.4 is 5.73 Å². The molecule has 11 heavy (non-hydrogen) atoms. The van der Waals surface area contributed by atoms with E-state index in [1.54, 1.807) is 0 Å². The lowest BCUT2D eigenvalue weighted by molar-refractivity contribution is 0.713. The van der Waals surface area contributed by atoms with Crippen molar-refractivity contribution in [3.8, 4) is 0 Å². The summed E-state index contributed by atoms with van der Waals surface area (Å²) in [4.78, 5) is 1.09. The van der Waals surface area contributed by atoms with E-state index in [1.165, 1.54) is 11.1 Å². The van der Waals surface area contributed by atoms with Crippen molar-refractivity contribution >= 4 is 12.6 Å². The van der Waals surface area contributed by atoms with Gasteiger partial charge in [0.25, 0.3) is 0 Å². The number of thiol groups is 1. The van der Waals surface area contributed by atoms with Crippen LogP contribution in [0.3, 0.4) is 0 Å². The molecule has 0 saturated carbocycles. The molecule has 58 valence electrons. The third-order valence-corrected chi connectivity index (χ3v) is 2.71. The number of hydrogen-bond donors (Lipinski definition) is 2. The maximum Gasteiger partial charge on any atom is 0.0301 e. The minimum absolute atomic E-state index is 0.247. The molecule has 0 aliphatic heterocycles. The molecule has 0 fully saturated rings. The summed E-state index contributed by atoms with van der Waals surface area (Å²) < 4.78 is 0. The van der Waals surface area contributed by atoms with E-state index in [0.717, 1.165) is 17.7 Å². The van der Waals surface area contributed by atoms with Crippen molar-refractivity contribution in [3.63, 3.8) is 0 Å². The molecule has 0 unspecified atom stereocenters. The molecule has 0 spiro atoms. The molecule has 0 heterocycles. The number of benzene rings is 1. The lowest BCUT2D eigenvalue weighted by Gasteiger charge is -2.04. The molecule has 0 amide bonds. The van der Waals surface area contributed by atoms with Gasteiger partial charge in [-0.2, -0.15) is 0 Å². The molecule has 1 aliphatic carbocycles. The largest absolute Gasteiger partial charge is 0.324 e. The average molecular weight is 165 g/mol. The van der Waals surface area contributed by atoms with Crippen LogP contribution in [0.2, 0.25) is 0 Å². The van der Waals surface area contributed by atoms with Gasteiger partial charge in [0.05, 0.1) is 0 Å². The lowest BCUT2D eigenvalue weighted by atomic mass is 10.1. The Morgan fingerprint density at radius 3 is 3.00 bits per heavy atom. The summed E-state index contributed by atoms with van der Waals surface area (Å²) in [5.74, 6) is 0. The van der Waals surface area contributed by atoms with E-state index >= 15 is 0 Å². The Labute approximate surface area is 72.0 Å². The van der Waals surface area contributed by atoms with Crippen molar-refractivity contribution < 1.29 is 0 Å². The van der Waals surface area contributed by atoms with Gasteiger partial charge in [0.2, 0.25) is 0 Å². The summed E-state index contributed by atoms with van der Waals surface area (Å²) >= 11 is 4.37. The molecule has 0 aromatic heterocycles. The first-order valence-electron chi connectivity index (χ1n) is 3.85. The van der Waals surface area contributed by atoms with Gasteiger partial charge < -0.3 is 5.73 Å². The van der Waals surface area contributed by atoms with Crippen LogP contribution in [0.15, 0.2) is 23.1 Å². The van der Waals surface area contributed by atoms with E-state index in [9.17, 15) is 0 Å². The number of rotatable bonds is 0. The smallest absolute Gasteiger partial charge is 0.0301 e. The predicted octanol–water partition coefficient (Wildman–Crippen LogP) is 1.92. The highest BCUT2D eigenvalue weighted by Crippen LogP contribution is 2.32. The maximum absolute atomic E-state index is 5.88. The molecule has 1 atom stereocenters. The van der Waals surface area contributed by atoms with Crippen molar-refractivity contribution in [1.82, 2.24) is 0 Å². The summed E-state index contributed by atoms with van der Waals surface area (Å²) in [6.45, 7) is 0. The van der Waals surface area contributed by atoms with Gasteiger partial charge in [0, 0.05) is 10.9 Å². The van der Waals surface area contributed by atoms with E-state index in [1.807, 2.05) is 12.1 Å². The number of nitrogens with two attached hydrogens (primary N) is 1. The zero-order valence-corrected chi connectivity index (χ0v) is 7.14. The zero-order valence-electron chi connectivity index (χ0n) is 6.25. The van der Waals surface area contributed by atoms with E-state index in [4.69, 9.17) is 5.73 Å². The first kappa shape index (κ1) is 7.19. The first-order valence-corrected chi connectivity index (χ1v) is 4.30. The molecule has 0 radical (unpaired) electrons. The molecule has 1 aromatic rings. The molecule has 1 aromatic carbocycles. The highest BCUT2D eigenvalue weighted by molar-refractivity contribution is 7.80. The summed E-state index contributed by atoms with van der Waals surface area (Å²) in [6, 6.07) is 6.40. The third kappa shape index (κ3) is 1.06. The minimum Gasteiger partial charge on any atom is -0.324 e. The average Bonchev–Trinajstić information content (AvgIpc) is 2.35. The van der Waals surface area contributed by atoms with Gasteiger partial charge in [-0.1, -0.05) is 12.1 Å². The van der Waals surface area contributed by atoms with Crippen molar-refractivity contribution in [2.75, 3.05) is 0 Å². The van der Waals surface area contributed by atoms with Gasteiger partial charge in [-0.05, 0) is 30.0 Å². The van der Waals surface area contributed by atoms with Crippen molar-refractivity contribution in [3.05, 3.63) is 29.3 Å². The molecule has 0 saturated heterocycles. The maximum atomic E-state index is 5.88. The molecule has 2 N–H and O–H groups in total. The van der Waals surface area contributed by atoms with E-state index in [-0.39, 0.29) is 6.04 Å². The Balaban J connectivity index is 2.57. The van der Waals surface area contributed by atoms with Gasteiger partial charge in [0.1, 0.15) is 0 Å². The Morgan fingerprint density at radius 2 is 2.27 bits per heavy atom. The van der Waals surface area contributed by atoms with Crippen molar-refractivity contribution in [2.24, 2.45) is 5.73 Å². The van der Waals surface area contributed by atoms with E-state index in [0.29, 0.717) is 0 Å². The Hall–Kier alpha value is -0.470. The third-order valence-electron chi connectivity index (χ3n) is 2.29. The van der Waals surface area contributed by atoms with Gasteiger partial charge >= 0.3 is 0 Å². The van der Waals surface area contributed by atoms with Gasteiger partial charge in [-0.25, -0.2) is 0 Å². The Morgan fingerprint density at radius 1 is 1.45 bits per heavy atom. The lowest BCUT2D eigenvalue weighted by Crippen LogP contribution is -2.04. The molecule has 2 rings (SSSR count). The molecular formula is C9H11NS. The topological polar surface area (TPSA) is 26.0 Å². The molecule has 2 heteroatoms. The Bertz CT molecular complexity index is 283. The highest BCUT2D eigenvalue weighted by atomic mass is 32.1. The fourth-order valence-corrected chi connectivity index (χ4v) is 1.99. The first-order chi connectivity index (χ1) is 5.29. The van der Waals surface area contributed by atoms with Crippen molar-refractivity contribution in [1.29, 1.82) is 0 Å². The van der Waals surface area contributed by atoms with Crippen LogP contribution in [0.1, 0.15) is 23.6 Å². The quantitative estimate of drug-likeness (QED) is 0.564. The molecule has 1 aliphatic rings. The minimum atomic E-state index is 0.247. The summed E-state index contributed by atoms with van der Waals surface area (Å²) in [5.41, 5.74) is 8.52. The zero-order chi connectivity index (χ0) is 7.84. The standard InChI is InChI=1S/C9H11NS/c10-8-5-4-7-6(8)2-1-3-9(7)11/h1-3,8,11H,4-5,10H2/t8-/m1/s1. The molecular weight excluding hydrogens is 154 g/mol. The monoisotopic (exact) mass is 165 g/mol.